The fourth-order valence-electron chi connectivity index (χ4n) is 1.77. The van der Waals surface area contributed by atoms with Gasteiger partial charge in [0, 0.05) is 31.2 Å². The molecule has 0 spiro atoms. The maximum absolute atomic E-state index is 11.8. The van der Waals surface area contributed by atoms with Gasteiger partial charge in [0.15, 0.2) is 0 Å². The zero-order valence-electron chi connectivity index (χ0n) is 9.90. The lowest BCUT2D eigenvalue weighted by atomic mass is 10.2. The van der Waals surface area contributed by atoms with Crippen LogP contribution in [0.3, 0.4) is 0 Å². The summed E-state index contributed by atoms with van der Waals surface area (Å²) in [6.45, 7) is 4.19. The van der Waals surface area contributed by atoms with Crippen LogP contribution >= 0.6 is 0 Å². The van der Waals surface area contributed by atoms with Crippen LogP contribution in [0.4, 0.5) is 5.69 Å². The fourth-order valence-corrected chi connectivity index (χ4v) is 1.77. The van der Waals surface area contributed by atoms with Gasteiger partial charge in [0.2, 0.25) is 5.91 Å². The molecule has 2 heterocycles. The molecule has 1 saturated heterocycles. The minimum Gasteiger partial charge on any atom is -0.375 e. The average molecular weight is 235 g/mol. The Morgan fingerprint density at radius 3 is 3.29 bits per heavy atom. The highest BCUT2D eigenvalue weighted by Crippen LogP contribution is 2.12. The van der Waals surface area contributed by atoms with Crippen molar-refractivity contribution in [3.05, 3.63) is 24.0 Å². The largest absolute Gasteiger partial charge is 0.375 e. The van der Waals surface area contributed by atoms with Crippen molar-refractivity contribution < 1.29 is 9.53 Å². The molecule has 1 aliphatic rings. The number of anilines is 1. The van der Waals surface area contributed by atoms with E-state index in [-0.39, 0.29) is 12.0 Å². The molecule has 0 aliphatic carbocycles. The topological polar surface area (TPSA) is 63.2 Å². The van der Waals surface area contributed by atoms with Gasteiger partial charge in [0.25, 0.3) is 0 Å². The standard InChI is InChI=1S/C12H17N3O2/c1-9-7-13-3-2-11(9)15-12(16)6-10-8-14-4-5-17-10/h2-3,7,10,14H,4-6,8H2,1H3,(H,13,15,16). The molecule has 5 nitrogen and oxygen atoms in total. The van der Waals surface area contributed by atoms with Crippen molar-refractivity contribution in [1.82, 2.24) is 10.3 Å². The summed E-state index contributed by atoms with van der Waals surface area (Å²) >= 11 is 0. The van der Waals surface area contributed by atoms with Gasteiger partial charge >= 0.3 is 0 Å². The van der Waals surface area contributed by atoms with Crippen LogP contribution in [-0.2, 0) is 9.53 Å². The van der Waals surface area contributed by atoms with Crippen molar-refractivity contribution in [1.29, 1.82) is 0 Å². The van der Waals surface area contributed by atoms with Crippen LogP contribution in [0.1, 0.15) is 12.0 Å². The third kappa shape index (κ3) is 3.51. The number of morpholine rings is 1. The normalized spacial score (nSPS) is 19.9. The summed E-state index contributed by atoms with van der Waals surface area (Å²) in [6.07, 6.45) is 3.76. The number of hydrogen-bond donors (Lipinski definition) is 2. The molecule has 17 heavy (non-hydrogen) atoms. The fraction of sp³-hybridized carbons (Fsp3) is 0.500. The smallest absolute Gasteiger partial charge is 0.227 e. The third-order valence-corrected chi connectivity index (χ3v) is 2.71. The predicted molar refractivity (Wildman–Crippen MR) is 64.8 cm³/mol. The first-order chi connectivity index (χ1) is 8.25. The number of aromatic nitrogens is 1. The molecule has 0 aromatic carbocycles. The Labute approximate surface area is 101 Å². The summed E-state index contributed by atoms with van der Waals surface area (Å²) < 4.78 is 5.48. The number of aryl methyl sites for hydroxylation is 1. The molecular weight excluding hydrogens is 218 g/mol. The van der Waals surface area contributed by atoms with Gasteiger partial charge in [-0.3, -0.25) is 9.78 Å². The predicted octanol–water partition coefficient (Wildman–Crippen LogP) is 0.707. The minimum absolute atomic E-state index is 0.0204. The minimum atomic E-state index is -0.0223. The van der Waals surface area contributed by atoms with Gasteiger partial charge in [-0.15, -0.1) is 0 Å². The molecule has 1 amide bonds. The Morgan fingerprint density at radius 1 is 1.71 bits per heavy atom. The number of nitrogens with one attached hydrogen (secondary N) is 2. The molecule has 92 valence electrons. The lowest BCUT2D eigenvalue weighted by Gasteiger charge is -2.23. The van der Waals surface area contributed by atoms with Gasteiger partial charge in [0.05, 0.1) is 19.1 Å². The van der Waals surface area contributed by atoms with E-state index in [2.05, 4.69) is 15.6 Å². The van der Waals surface area contributed by atoms with Gasteiger partial charge in [-0.25, -0.2) is 0 Å². The molecule has 1 unspecified atom stereocenters. The first-order valence-corrected chi connectivity index (χ1v) is 5.78. The van der Waals surface area contributed by atoms with E-state index in [4.69, 9.17) is 4.74 Å². The molecule has 2 rings (SSSR count). The van der Waals surface area contributed by atoms with E-state index in [0.29, 0.717) is 13.0 Å². The second-order valence-electron chi connectivity index (χ2n) is 4.14. The molecular formula is C12H17N3O2. The van der Waals surface area contributed by atoms with E-state index in [1.807, 2.05) is 6.92 Å². The van der Waals surface area contributed by atoms with E-state index in [9.17, 15) is 4.79 Å². The van der Waals surface area contributed by atoms with E-state index in [1.54, 1.807) is 18.5 Å². The van der Waals surface area contributed by atoms with E-state index >= 15 is 0 Å². The van der Waals surface area contributed by atoms with Gasteiger partial charge < -0.3 is 15.4 Å². The molecule has 0 saturated carbocycles. The molecule has 1 fully saturated rings. The van der Waals surface area contributed by atoms with Crippen molar-refractivity contribution in [2.24, 2.45) is 0 Å². The Balaban J connectivity index is 1.86. The van der Waals surface area contributed by atoms with Crippen LogP contribution in [-0.4, -0.2) is 36.7 Å². The van der Waals surface area contributed by atoms with Crippen LogP contribution in [0.5, 0.6) is 0 Å². The van der Waals surface area contributed by atoms with E-state index < -0.39 is 0 Å². The first-order valence-electron chi connectivity index (χ1n) is 5.78. The number of rotatable bonds is 3. The van der Waals surface area contributed by atoms with E-state index in [0.717, 1.165) is 24.3 Å². The summed E-state index contributed by atoms with van der Waals surface area (Å²) in [6, 6.07) is 1.80. The lowest BCUT2D eigenvalue weighted by Crippen LogP contribution is -2.40. The van der Waals surface area contributed by atoms with Gasteiger partial charge in [0.1, 0.15) is 0 Å². The molecule has 1 atom stereocenters. The van der Waals surface area contributed by atoms with Gasteiger partial charge in [-0.2, -0.15) is 0 Å². The number of ether oxygens (including phenoxy) is 1. The molecule has 0 radical (unpaired) electrons. The van der Waals surface area contributed by atoms with Crippen molar-refractivity contribution in [3.63, 3.8) is 0 Å². The van der Waals surface area contributed by atoms with Crippen molar-refractivity contribution >= 4 is 11.6 Å². The zero-order chi connectivity index (χ0) is 12.1. The van der Waals surface area contributed by atoms with Crippen LogP contribution in [0.2, 0.25) is 0 Å². The second-order valence-corrected chi connectivity index (χ2v) is 4.14. The quantitative estimate of drug-likeness (QED) is 0.810. The number of carbonyl (C=O) groups excluding carboxylic acids is 1. The Hall–Kier alpha value is -1.46. The summed E-state index contributed by atoms with van der Waals surface area (Å²) in [5.41, 5.74) is 1.78. The van der Waals surface area contributed by atoms with Crippen LogP contribution in [0.25, 0.3) is 0 Å². The Morgan fingerprint density at radius 2 is 2.59 bits per heavy atom. The number of hydrogen-bond acceptors (Lipinski definition) is 4. The SMILES string of the molecule is Cc1cnccc1NC(=O)CC1CNCCO1. The third-order valence-electron chi connectivity index (χ3n) is 2.71. The second kappa shape index (κ2) is 5.75. The lowest BCUT2D eigenvalue weighted by molar-refractivity contribution is -0.119. The maximum Gasteiger partial charge on any atom is 0.227 e. The van der Waals surface area contributed by atoms with Crippen LogP contribution in [0, 0.1) is 6.92 Å². The number of nitrogens with zero attached hydrogens (tertiary/aromatic N) is 1. The molecule has 1 aromatic heterocycles. The summed E-state index contributed by atoms with van der Waals surface area (Å²) in [5, 5.41) is 6.07. The number of pyridine rings is 1. The monoisotopic (exact) mass is 235 g/mol. The highest BCUT2D eigenvalue weighted by atomic mass is 16.5. The Kier molecular flexibility index (Phi) is 4.06. The molecule has 2 N–H and O–H groups in total. The zero-order valence-corrected chi connectivity index (χ0v) is 9.90. The molecule has 1 aliphatic heterocycles. The highest BCUT2D eigenvalue weighted by Gasteiger charge is 2.17. The molecule has 0 bridgehead atoms. The first kappa shape index (κ1) is 12.0. The van der Waals surface area contributed by atoms with Gasteiger partial charge in [-0.05, 0) is 18.6 Å². The van der Waals surface area contributed by atoms with Crippen molar-refractivity contribution in [3.8, 4) is 0 Å². The summed E-state index contributed by atoms with van der Waals surface area (Å²) in [7, 11) is 0. The van der Waals surface area contributed by atoms with Crippen LogP contribution in [0.15, 0.2) is 18.5 Å². The van der Waals surface area contributed by atoms with Gasteiger partial charge in [-0.1, -0.05) is 0 Å². The average Bonchev–Trinajstić information content (AvgIpc) is 2.33. The number of carbonyl (C=O) groups is 1. The summed E-state index contributed by atoms with van der Waals surface area (Å²) in [5.74, 6) is -0.0204. The van der Waals surface area contributed by atoms with Crippen LogP contribution < -0.4 is 10.6 Å². The van der Waals surface area contributed by atoms with Crippen molar-refractivity contribution in [2.45, 2.75) is 19.4 Å². The Bertz CT molecular complexity index is 389. The molecule has 1 aromatic rings. The van der Waals surface area contributed by atoms with Crippen molar-refractivity contribution in [2.75, 3.05) is 25.0 Å². The van der Waals surface area contributed by atoms with E-state index in [1.165, 1.54) is 0 Å². The maximum atomic E-state index is 11.8. The number of amides is 1. The molecule has 5 heteroatoms. The summed E-state index contributed by atoms with van der Waals surface area (Å²) in [4.78, 5) is 15.8. The highest BCUT2D eigenvalue weighted by molar-refractivity contribution is 5.91.